The molecule has 0 unspecified atom stereocenters. The monoisotopic (exact) mass is 492 g/mol. The van der Waals surface area contributed by atoms with Gasteiger partial charge < -0.3 is 14.8 Å². The van der Waals surface area contributed by atoms with Crippen LogP contribution in [0.5, 0.6) is 0 Å². The standard InChI is InChI=1S/C27H28N2O5S/c1-20(2)28-27(30)23-14-9-15-24(16-23)29(17-21-10-5-3-6-11-21)35(31,32)26-19-33-18-25(34-26)22-12-7-4-8-13-22/h3-7,9-12,14-16,18-20H,8,13,17H2,1-2H3,(H,28,30). The number of ether oxygens (including phenoxy) is 2. The SMILES string of the molecule is CC(C)NC(=O)c1cccc(N(Cc2ccccc2)S(=O)(=O)C2=COC=C(C3=CC=CCC3)O2)c1. The molecule has 0 radical (unpaired) electrons. The van der Waals surface area contributed by atoms with Crippen LogP contribution in [0, 0.1) is 0 Å². The van der Waals surface area contributed by atoms with E-state index in [1.807, 2.05) is 62.4 Å². The smallest absolute Gasteiger partial charge is 0.301 e. The number of allylic oxidation sites excluding steroid dienone is 4. The number of nitrogens with zero attached hydrogens (tertiary/aromatic N) is 1. The first kappa shape index (κ1) is 24.3. The summed E-state index contributed by atoms with van der Waals surface area (Å²) in [4.78, 5) is 12.6. The summed E-state index contributed by atoms with van der Waals surface area (Å²) in [5, 5.41) is 2.52. The van der Waals surface area contributed by atoms with Crippen molar-refractivity contribution in [3.8, 4) is 0 Å². The highest BCUT2D eigenvalue weighted by atomic mass is 32.2. The van der Waals surface area contributed by atoms with E-state index in [0.29, 0.717) is 17.0 Å². The molecule has 182 valence electrons. The van der Waals surface area contributed by atoms with Gasteiger partial charge in [-0.1, -0.05) is 54.6 Å². The van der Waals surface area contributed by atoms with Gasteiger partial charge in [-0.15, -0.1) is 0 Å². The third-order valence-corrected chi connectivity index (χ3v) is 7.02. The maximum Gasteiger partial charge on any atom is 0.301 e. The lowest BCUT2D eigenvalue weighted by molar-refractivity contribution is 0.0943. The number of hydrogen-bond acceptors (Lipinski definition) is 5. The molecule has 0 spiro atoms. The first-order valence-electron chi connectivity index (χ1n) is 11.4. The van der Waals surface area contributed by atoms with Crippen molar-refractivity contribution in [1.29, 1.82) is 0 Å². The Bertz CT molecular complexity index is 1310. The molecule has 0 atom stereocenters. The van der Waals surface area contributed by atoms with Crippen molar-refractivity contribution < 1.29 is 22.7 Å². The Morgan fingerprint density at radius 3 is 2.60 bits per heavy atom. The van der Waals surface area contributed by atoms with Crippen LogP contribution in [0.1, 0.15) is 42.6 Å². The van der Waals surface area contributed by atoms with Crippen LogP contribution in [-0.2, 0) is 26.0 Å². The first-order valence-corrected chi connectivity index (χ1v) is 12.9. The van der Waals surface area contributed by atoms with Gasteiger partial charge in [-0.2, -0.15) is 8.42 Å². The fourth-order valence-electron chi connectivity index (χ4n) is 3.69. The summed E-state index contributed by atoms with van der Waals surface area (Å²) in [6, 6.07) is 15.7. The van der Waals surface area contributed by atoms with E-state index in [2.05, 4.69) is 5.32 Å². The molecular formula is C27H28N2O5S. The van der Waals surface area contributed by atoms with Gasteiger partial charge in [0, 0.05) is 11.6 Å². The maximum atomic E-state index is 13.9. The molecule has 4 rings (SSSR count). The van der Waals surface area contributed by atoms with Crippen LogP contribution in [0.15, 0.2) is 102 Å². The molecule has 1 heterocycles. The van der Waals surface area contributed by atoms with Gasteiger partial charge in [0.1, 0.15) is 12.5 Å². The molecule has 1 aliphatic carbocycles. The quantitative estimate of drug-likeness (QED) is 0.553. The largest absolute Gasteiger partial charge is 0.464 e. The van der Waals surface area contributed by atoms with Crippen molar-refractivity contribution in [3.63, 3.8) is 0 Å². The Labute approximate surface area is 206 Å². The molecule has 0 saturated carbocycles. The summed E-state index contributed by atoms with van der Waals surface area (Å²) in [5.74, 6) is 0.0815. The van der Waals surface area contributed by atoms with Crippen molar-refractivity contribution in [3.05, 3.63) is 113 Å². The van der Waals surface area contributed by atoms with Gasteiger partial charge in [0.15, 0.2) is 5.76 Å². The second kappa shape index (κ2) is 10.7. The fraction of sp³-hybridized carbons (Fsp3) is 0.222. The van der Waals surface area contributed by atoms with Crippen molar-refractivity contribution >= 4 is 21.6 Å². The molecule has 0 aromatic heterocycles. The summed E-state index contributed by atoms with van der Waals surface area (Å²) in [6.07, 6.45) is 9.88. The van der Waals surface area contributed by atoms with Gasteiger partial charge in [-0.25, -0.2) is 0 Å². The Hall–Kier alpha value is -3.78. The Morgan fingerprint density at radius 2 is 1.89 bits per heavy atom. The van der Waals surface area contributed by atoms with Crippen LogP contribution in [0.25, 0.3) is 0 Å². The molecule has 0 bridgehead atoms. The Morgan fingerprint density at radius 1 is 1.09 bits per heavy atom. The predicted octanol–water partition coefficient (Wildman–Crippen LogP) is 5.12. The number of hydrogen-bond donors (Lipinski definition) is 1. The van der Waals surface area contributed by atoms with Gasteiger partial charge in [0.05, 0.1) is 12.2 Å². The molecule has 1 amide bonds. The van der Waals surface area contributed by atoms with Crippen LogP contribution in [0.3, 0.4) is 0 Å². The highest BCUT2D eigenvalue weighted by Crippen LogP contribution is 2.32. The zero-order chi connectivity index (χ0) is 24.8. The Kier molecular flexibility index (Phi) is 7.41. The van der Waals surface area contributed by atoms with Crippen molar-refractivity contribution in [2.45, 2.75) is 39.3 Å². The average molecular weight is 493 g/mol. The van der Waals surface area contributed by atoms with Crippen molar-refractivity contribution in [2.24, 2.45) is 0 Å². The zero-order valence-electron chi connectivity index (χ0n) is 19.7. The summed E-state index contributed by atoms with van der Waals surface area (Å²) in [7, 11) is -4.18. The number of carbonyl (C=O) groups is 1. The second-order valence-electron chi connectivity index (χ2n) is 8.49. The summed E-state index contributed by atoms with van der Waals surface area (Å²) < 4.78 is 40.2. The van der Waals surface area contributed by atoms with E-state index in [1.54, 1.807) is 24.3 Å². The molecule has 0 fully saturated rings. The van der Waals surface area contributed by atoms with Crippen molar-refractivity contribution in [1.82, 2.24) is 5.32 Å². The van der Waals surface area contributed by atoms with Crippen LogP contribution in [-0.4, -0.2) is 20.4 Å². The van der Waals surface area contributed by atoms with E-state index in [0.717, 1.165) is 30.2 Å². The zero-order valence-corrected chi connectivity index (χ0v) is 20.5. The summed E-state index contributed by atoms with van der Waals surface area (Å²) in [5.41, 5.74) is 2.33. The molecule has 1 aliphatic heterocycles. The number of amides is 1. The summed E-state index contributed by atoms with van der Waals surface area (Å²) >= 11 is 0. The molecule has 0 saturated heterocycles. The predicted molar refractivity (Wildman–Crippen MR) is 135 cm³/mol. The van der Waals surface area contributed by atoms with Gasteiger partial charge in [-0.3, -0.25) is 9.10 Å². The lowest BCUT2D eigenvalue weighted by atomic mass is 10.0. The third-order valence-electron chi connectivity index (χ3n) is 5.41. The lowest BCUT2D eigenvalue weighted by Crippen LogP contribution is -2.34. The van der Waals surface area contributed by atoms with Gasteiger partial charge in [0.2, 0.25) is 0 Å². The third kappa shape index (κ3) is 5.84. The molecule has 1 N–H and O–H groups in total. The van der Waals surface area contributed by atoms with E-state index >= 15 is 0 Å². The lowest BCUT2D eigenvalue weighted by Gasteiger charge is -2.27. The highest BCUT2D eigenvalue weighted by Gasteiger charge is 2.33. The topological polar surface area (TPSA) is 84.9 Å². The normalized spacial score (nSPS) is 15.3. The number of nitrogens with one attached hydrogen (secondary N) is 1. The minimum Gasteiger partial charge on any atom is -0.464 e. The minimum absolute atomic E-state index is 0.0452. The van der Waals surface area contributed by atoms with Crippen LogP contribution in [0.4, 0.5) is 5.69 Å². The molecular weight excluding hydrogens is 464 g/mol. The van der Waals surface area contributed by atoms with Gasteiger partial charge in [-0.05, 0) is 56.0 Å². The molecule has 2 aromatic rings. The van der Waals surface area contributed by atoms with Crippen LogP contribution in [0.2, 0.25) is 0 Å². The number of anilines is 1. The average Bonchev–Trinajstić information content (AvgIpc) is 2.88. The molecule has 8 heteroatoms. The molecule has 2 aromatic carbocycles. The van der Waals surface area contributed by atoms with Crippen LogP contribution >= 0.6 is 0 Å². The van der Waals surface area contributed by atoms with Crippen LogP contribution < -0.4 is 9.62 Å². The second-order valence-corrected chi connectivity index (χ2v) is 10.3. The minimum atomic E-state index is -4.18. The molecule has 2 aliphatic rings. The number of carbonyl (C=O) groups excluding carboxylic acids is 1. The fourth-order valence-corrected chi connectivity index (χ4v) is 4.99. The van der Waals surface area contributed by atoms with Gasteiger partial charge in [0.25, 0.3) is 11.0 Å². The van der Waals surface area contributed by atoms with E-state index in [9.17, 15) is 13.2 Å². The summed E-state index contributed by atoms with van der Waals surface area (Å²) in [6.45, 7) is 3.77. The van der Waals surface area contributed by atoms with E-state index in [-0.39, 0.29) is 23.6 Å². The van der Waals surface area contributed by atoms with Gasteiger partial charge >= 0.3 is 10.0 Å². The van der Waals surface area contributed by atoms with Crippen molar-refractivity contribution in [2.75, 3.05) is 4.31 Å². The number of rotatable bonds is 8. The van der Waals surface area contributed by atoms with E-state index < -0.39 is 10.0 Å². The Balaban J connectivity index is 1.69. The highest BCUT2D eigenvalue weighted by molar-refractivity contribution is 7.96. The van der Waals surface area contributed by atoms with E-state index in [4.69, 9.17) is 9.47 Å². The first-order chi connectivity index (χ1) is 16.8. The number of sulfonamides is 1. The molecule has 7 nitrogen and oxygen atoms in total. The van der Waals surface area contributed by atoms with E-state index in [1.165, 1.54) is 10.6 Å². The molecule has 35 heavy (non-hydrogen) atoms. The number of benzene rings is 2. The maximum absolute atomic E-state index is 13.9.